The van der Waals surface area contributed by atoms with E-state index in [1.807, 2.05) is 6.92 Å². The topological polar surface area (TPSA) is 266 Å². The van der Waals surface area contributed by atoms with Crippen molar-refractivity contribution in [1.29, 1.82) is 0 Å². The first kappa shape index (κ1) is 36.9. The number of nitrogens with one attached hydrogen (secondary N) is 4. The van der Waals surface area contributed by atoms with Gasteiger partial charge in [-0.2, -0.15) is 0 Å². The fourth-order valence-electron chi connectivity index (χ4n) is 4.79. The van der Waals surface area contributed by atoms with Crippen molar-refractivity contribution in [3.05, 3.63) is 0 Å². The van der Waals surface area contributed by atoms with E-state index < -0.39 is 47.8 Å². The summed E-state index contributed by atoms with van der Waals surface area (Å²) in [6, 6.07) is -3.54. The zero-order valence-corrected chi connectivity index (χ0v) is 25.9. The predicted octanol–water partition coefficient (Wildman–Crippen LogP) is -2.26. The van der Waals surface area contributed by atoms with E-state index in [2.05, 4.69) is 31.3 Å². The summed E-state index contributed by atoms with van der Waals surface area (Å²) in [6.45, 7) is 8.08. The Bertz CT molecular complexity index is 1010. The molecule has 0 bridgehead atoms. The Hall–Kier alpha value is -4.11. The van der Waals surface area contributed by atoms with Gasteiger partial charge in [-0.3, -0.25) is 34.0 Å². The second-order valence-electron chi connectivity index (χ2n) is 10.7. The van der Waals surface area contributed by atoms with Crippen LogP contribution in [-0.4, -0.2) is 96.7 Å². The molecule has 0 aliphatic carbocycles. The minimum absolute atomic E-state index is 0.0809. The van der Waals surface area contributed by atoms with Crippen LogP contribution in [0.25, 0.3) is 0 Å². The van der Waals surface area contributed by atoms with Crippen LogP contribution in [0.4, 0.5) is 0 Å². The number of aliphatic imine (C=N–C) groups is 2. The Morgan fingerprint density at radius 2 is 1.44 bits per heavy atom. The summed E-state index contributed by atoms with van der Waals surface area (Å²) >= 11 is 0. The van der Waals surface area contributed by atoms with Gasteiger partial charge in [0.25, 0.3) is 0 Å². The standard InChI is InChI=1S/C27H51N11O5/c1-5-16(3)21(37-22(40)18(35-17(4)39)10-7-13-33-26(28)29)24(42)36-19(11-8-14-34-27(30)31)25(43)38-15-9-12-20(38)23(41)32-6-2/h16,18-21H,5-15H2,1-4H3,(H,32,41)(H,35,39)(H,36,42)(H,37,40)(H4,28,29,33)(H4,30,31,34)/t16-,18-,19-,20-,21-/m0/s1. The number of rotatable bonds is 18. The number of nitrogens with two attached hydrogens (primary N) is 4. The summed E-state index contributed by atoms with van der Waals surface area (Å²) in [5.74, 6) is -2.63. The van der Waals surface area contributed by atoms with Crippen molar-refractivity contribution >= 4 is 41.5 Å². The molecule has 5 amide bonds. The number of likely N-dealkylation sites (tertiary alicyclic amines) is 1. The average Bonchev–Trinajstić information content (AvgIpc) is 3.44. The van der Waals surface area contributed by atoms with Crippen LogP contribution in [0.1, 0.15) is 72.6 Å². The maximum Gasteiger partial charge on any atom is 0.245 e. The fraction of sp³-hybridized carbons (Fsp3) is 0.741. The maximum absolute atomic E-state index is 13.7. The number of likely N-dealkylation sites (N-methyl/N-ethyl adjacent to an activating group) is 1. The van der Waals surface area contributed by atoms with Crippen LogP contribution in [0.3, 0.4) is 0 Å². The van der Waals surface area contributed by atoms with E-state index in [0.717, 1.165) is 0 Å². The molecule has 0 unspecified atom stereocenters. The number of guanidine groups is 2. The molecular formula is C27H51N11O5. The van der Waals surface area contributed by atoms with Crippen LogP contribution in [0, 0.1) is 5.92 Å². The summed E-state index contributed by atoms with van der Waals surface area (Å²) in [4.78, 5) is 74.5. The molecule has 1 rings (SSSR count). The van der Waals surface area contributed by atoms with E-state index in [1.54, 1.807) is 13.8 Å². The lowest BCUT2D eigenvalue weighted by molar-refractivity contribution is -0.142. The van der Waals surface area contributed by atoms with Gasteiger partial charge in [-0.25, -0.2) is 0 Å². The van der Waals surface area contributed by atoms with Crippen LogP contribution >= 0.6 is 0 Å². The first-order chi connectivity index (χ1) is 20.3. The van der Waals surface area contributed by atoms with E-state index >= 15 is 0 Å². The predicted molar refractivity (Wildman–Crippen MR) is 164 cm³/mol. The van der Waals surface area contributed by atoms with Gasteiger partial charge in [0.2, 0.25) is 29.5 Å². The van der Waals surface area contributed by atoms with E-state index in [9.17, 15) is 24.0 Å². The van der Waals surface area contributed by atoms with Crippen LogP contribution in [0.2, 0.25) is 0 Å². The molecule has 12 N–H and O–H groups in total. The third-order valence-electron chi connectivity index (χ3n) is 7.18. The molecule has 0 spiro atoms. The molecule has 1 heterocycles. The molecule has 0 aromatic heterocycles. The molecule has 16 nitrogen and oxygen atoms in total. The molecule has 16 heteroatoms. The average molecular weight is 610 g/mol. The zero-order chi connectivity index (χ0) is 32.5. The molecule has 0 radical (unpaired) electrons. The van der Waals surface area contributed by atoms with Gasteiger partial charge in [-0.1, -0.05) is 20.3 Å². The van der Waals surface area contributed by atoms with Crippen LogP contribution in [0.5, 0.6) is 0 Å². The number of hydrogen-bond acceptors (Lipinski definition) is 7. The number of carbonyl (C=O) groups excluding carboxylic acids is 5. The normalized spacial score (nSPS) is 17.0. The van der Waals surface area contributed by atoms with E-state index in [0.29, 0.717) is 45.2 Å². The quantitative estimate of drug-likeness (QED) is 0.0473. The minimum atomic E-state index is -1.00. The second kappa shape index (κ2) is 19.2. The zero-order valence-electron chi connectivity index (χ0n) is 25.9. The molecule has 244 valence electrons. The summed E-state index contributed by atoms with van der Waals surface area (Å²) in [6.07, 6.45) is 2.95. The highest BCUT2D eigenvalue weighted by molar-refractivity contribution is 5.95. The molecule has 1 fully saturated rings. The van der Waals surface area contributed by atoms with Crippen molar-refractivity contribution in [3.63, 3.8) is 0 Å². The number of amides is 5. The largest absolute Gasteiger partial charge is 0.370 e. The summed E-state index contributed by atoms with van der Waals surface area (Å²) in [7, 11) is 0. The van der Waals surface area contributed by atoms with Gasteiger partial charge in [0.15, 0.2) is 11.9 Å². The van der Waals surface area contributed by atoms with Crippen LogP contribution in [0.15, 0.2) is 9.98 Å². The van der Waals surface area contributed by atoms with Crippen molar-refractivity contribution in [2.24, 2.45) is 38.8 Å². The van der Waals surface area contributed by atoms with Crippen molar-refractivity contribution in [2.45, 2.75) is 96.8 Å². The molecular weight excluding hydrogens is 558 g/mol. The third-order valence-corrected chi connectivity index (χ3v) is 7.18. The highest BCUT2D eigenvalue weighted by atomic mass is 16.2. The van der Waals surface area contributed by atoms with Gasteiger partial charge < -0.3 is 49.1 Å². The smallest absolute Gasteiger partial charge is 0.245 e. The fourth-order valence-corrected chi connectivity index (χ4v) is 4.79. The Balaban J connectivity index is 3.16. The Kier molecular flexibility index (Phi) is 16.4. The molecule has 0 saturated carbocycles. The number of carbonyl (C=O) groups is 5. The van der Waals surface area contributed by atoms with Gasteiger partial charge >= 0.3 is 0 Å². The molecule has 0 aromatic rings. The highest BCUT2D eigenvalue weighted by Crippen LogP contribution is 2.20. The summed E-state index contributed by atoms with van der Waals surface area (Å²) in [5, 5.41) is 11.0. The molecule has 5 atom stereocenters. The number of hydrogen-bond donors (Lipinski definition) is 8. The van der Waals surface area contributed by atoms with Gasteiger partial charge in [0, 0.05) is 33.1 Å². The van der Waals surface area contributed by atoms with Crippen molar-refractivity contribution < 1.29 is 24.0 Å². The van der Waals surface area contributed by atoms with Gasteiger partial charge in [-0.05, 0) is 51.4 Å². The Morgan fingerprint density at radius 1 is 0.860 bits per heavy atom. The lowest BCUT2D eigenvalue weighted by Crippen LogP contribution is -2.59. The molecule has 43 heavy (non-hydrogen) atoms. The van der Waals surface area contributed by atoms with Gasteiger partial charge in [0.05, 0.1) is 0 Å². The lowest BCUT2D eigenvalue weighted by Gasteiger charge is -2.31. The van der Waals surface area contributed by atoms with Gasteiger partial charge in [0.1, 0.15) is 24.2 Å². The van der Waals surface area contributed by atoms with Crippen molar-refractivity contribution in [3.8, 4) is 0 Å². The van der Waals surface area contributed by atoms with Gasteiger partial charge in [-0.15, -0.1) is 0 Å². The molecule has 1 aliphatic rings. The monoisotopic (exact) mass is 609 g/mol. The third kappa shape index (κ3) is 13.2. The van der Waals surface area contributed by atoms with E-state index in [4.69, 9.17) is 22.9 Å². The SMILES string of the molecule is CCNC(=O)[C@@H]1CCCN1C(=O)[C@H](CCCN=C(N)N)NC(=O)[C@@H](NC(=O)[C@H](CCCN=C(N)N)NC(C)=O)[C@@H](C)CC. The molecule has 1 saturated heterocycles. The maximum atomic E-state index is 13.7. The highest BCUT2D eigenvalue weighted by Gasteiger charge is 2.38. The lowest BCUT2D eigenvalue weighted by atomic mass is 9.96. The summed E-state index contributed by atoms with van der Waals surface area (Å²) < 4.78 is 0. The summed E-state index contributed by atoms with van der Waals surface area (Å²) in [5.41, 5.74) is 21.6. The van der Waals surface area contributed by atoms with Crippen LogP contribution < -0.4 is 44.2 Å². The Labute approximate surface area is 253 Å². The Morgan fingerprint density at radius 3 is 1.95 bits per heavy atom. The second-order valence-corrected chi connectivity index (χ2v) is 10.7. The van der Waals surface area contributed by atoms with Crippen molar-refractivity contribution in [1.82, 2.24) is 26.2 Å². The minimum Gasteiger partial charge on any atom is -0.370 e. The first-order valence-electron chi connectivity index (χ1n) is 14.9. The van der Waals surface area contributed by atoms with Crippen molar-refractivity contribution in [2.75, 3.05) is 26.2 Å². The molecule has 0 aromatic carbocycles. The first-order valence-corrected chi connectivity index (χ1v) is 14.9. The van der Waals surface area contributed by atoms with Crippen LogP contribution in [-0.2, 0) is 24.0 Å². The van der Waals surface area contributed by atoms with E-state index in [-0.39, 0.29) is 49.7 Å². The molecule has 1 aliphatic heterocycles. The van der Waals surface area contributed by atoms with E-state index in [1.165, 1.54) is 11.8 Å². The number of nitrogens with zero attached hydrogens (tertiary/aromatic N) is 3.